The van der Waals surface area contributed by atoms with E-state index in [4.69, 9.17) is 18.3 Å². The lowest BCUT2D eigenvalue weighted by Crippen LogP contribution is -2.73. The SMILES string of the molecule is CC(C)(C)[Si]1(C(C)(C)C)OC[C@H]2O[C@@H](Sc3ccccc3)[C@H](N3C(=O)c4ccccc4C3=O)[C@@H](OCc3ccccc3)[C@@H]2O1. The molecule has 2 saturated heterocycles. The standard InChI is InChI=1S/C35H41NO6SSi/c1-34(2,3)44(35(4,5)6)40-22-27-29(42-44)30(39-21-23-15-9-7-10-16-23)28(33(41-27)43-24-17-11-8-12-18-24)36-31(37)25-19-13-14-20-26(25)32(36)38/h7-20,27-30,33H,21-22H2,1-6H3/t27-,28-,29-,30-,33+/m1/s1. The summed E-state index contributed by atoms with van der Waals surface area (Å²) in [7, 11) is -2.96. The van der Waals surface area contributed by atoms with E-state index in [-0.39, 0.29) is 21.9 Å². The van der Waals surface area contributed by atoms with Crippen molar-refractivity contribution >= 4 is 32.1 Å². The van der Waals surface area contributed by atoms with Crippen LogP contribution in [0.4, 0.5) is 0 Å². The highest BCUT2D eigenvalue weighted by Gasteiger charge is 2.66. The zero-order valence-electron chi connectivity index (χ0n) is 26.2. The third-order valence-corrected chi connectivity index (χ3v) is 15.0. The van der Waals surface area contributed by atoms with Crippen LogP contribution in [-0.4, -0.2) is 61.7 Å². The molecule has 5 atom stereocenters. The van der Waals surface area contributed by atoms with Crippen LogP contribution >= 0.6 is 11.8 Å². The first-order chi connectivity index (χ1) is 20.9. The van der Waals surface area contributed by atoms with Gasteiger partial charge in [-0.3, -0.25) is 14.5 Å². The van der Waals surface area contributed by atoms with Gasteiger partial charge in [-0.2, -0.15) is 0 Å². The molecule has 3 aromatic carbocycles. The summed E-state index contributed by atoms with van der Waals surface area (Å²) in [6.07, 6.45) is -1.67. The first-order valence-corrected chi connectivity index (χ1v) is 17.9. The fourth-order valence-corrected chi connectivity index (χ4v) is 13.1. The smallest absolute Gasteiger partial charge is 0.349 e. The molecule has 0 unspecified atom stereocenters. The van der Waals surface area contributed by atoms with Gasteiger partial charge in [0.15, 0.2) is 0 Å². The minimum Gasteiger partial charge on any atom is -0.391 e. The van der Waals surface area contributed by atoms with Gasteiger partial charge in [-0.05, 0) is 29.8 Å². The monoisotopic (exact) mass is 631 g/mol. The lowest BCUT2D eigenvalue weighted by Gasteiger charge is -2.58. The summed E-state index contributed by atoms with van der Waals surface area (Å²) in [6.45, 7) is 13.7. The molecule has 0 saturated carbocycles. The van der Waals surface area contributed by atoms with E-state index in [1.165, 1.54) is 16.7 Å². The van der Waals surface area contributed by atoms with Gasteiger partial charge in [0.25, 0.3) is 11.8 Å². The van der Waals surface area contributed by atoms with Crippen LogP contribution < -0.4 is 0 Å². The zero-order chi connectivity index (χ0) is 31.3. The number of thioether (sulfide) groups is 1. The predicted molar refractivity (Wildman–Crippen MR) is 173 cm³/mol. The molecule has 3 heterocycles. The van der Waals surface area contributed by atoms with Crippen molar-refractivity contribution in [3.63, 3.8) is 0 Å². The largest absolute Gasteiger partial charge is 0.391 e. The van der Waals surface area contributed by atoms with E-state index in [0.717, 1.165) is 10.5 Å². The Morgan fingerprint density at radius 3 is 1.93 bits per heavy atom. The molecule has 0 aromatic heterocycles. The summed E-state index contributed by atoms with van der Waals surface area (Å²) >= 11 is 1.49. The van der Waals surface area contributed by atoms with E-state index < -0.39 is 38.4 Å². The highest BCUT2D eigenvalue weighted by Crippen LogP contribution is 2.56. The molecule has 2 fully saturated rings. The van der Waals surface area contributed by atoms with Crippen molar-refractivity contribution < 1.29 is 27.9 Å². The van der Waals surface area contributed by atoms with E-state index >= 15 is 0 Å². The highest BCUT2D eigenvalue weighted by molar-refractivity contribution is 7.99. The average Bonchev–Trinajstić information content (AvgIpc) is 3.24. The molecule has 0 spiro atoms. The molecule has 3 aliphatic heterocycles. The number of imide groups is 1. The van der Waals surface area contributed by atoms with E-state index in [2.05, 4.69) is 41.5 Å². The summed E-state index contributed by atoms with van der Waals surface area (Å²) in [4.78, 5) is 30.4. The maximum Gasteiger partial charge on any atom is 0.349 e. The molecule has 44 heavy (non-hydrogen) atoms. The van der Waals surface area contributed by atoms with Crippen molar-refractivity contribution in [2.24, 2.45) is 0 Å². The molecule has 232 valence electrons. The number of hydrogen-bond acceptors (Lipinski definition) is 7. The van der Waals surface area contributed by atoms with E-state index in [0.29, 0.717) is 24.3 Å². The highest BCUT2D eigenvalue weighted by atomic mass is 32.2. The summed E-state index contributed by atoms with van der Waals surface area (Å²) in [5.41, 5.74) is 1.16. The van der Waals surface area contributed by atoms with Crippen LogP contribution in [0.3, 0.4) is 0 Å². The van der Waals surface area contributed by atoms with Gasteiger partial charge in [0, 0.05) is 15.0 Å². The Labute approximate surface area is 265 Å². The van der Waals surface area contributed by atoms with E-state index in [1.807, 2.05) is 60.7 Å². The van der Waals surface area contributed by atoms with Gasteiger partial charge in [0.2, 0.25) is 0 Å². The Hall–Kier alpha value is -2.79. The van der Waals surface area contributed by atoms with E-state index in [1.54, 1.807) is 24.3 Å². The number of benzene rings is 3. The molecule has 6 rings (SSSR count). The zero-order valence-corrected chi connectivity index (χ0v) is 28.0. The Morgan fingerprint density at radius 1 is 0.818 bits per heavy atom. The average molecular weight is 632 g/mol. The normalized spacial score (nSPS) is 26.8. The number of nitrogens with zero attached hydrogens (tertiary/aromatic N) is 1. The molecule has 7 nitrogen and oxygen atoms in total. The van der Waals surface area contributed by atoms with Gasteiger partial charge in [-0.1, -0.05) is 114 Å². The Balaban J connectivity index is 1.46. The van der Waals surface area contributed by atoms with Crippen molar-refractivity contribution in [1.82, 2.24) is 4.90 Å². The van der Waals surface area contributed by atoms with Crippen LogP contribution in [0, 0.1) is 0 Å². The van der Waals surface area contributed by atoms with Gasteiger partial charge in [-0.15, -0.1) is 0 Å². The van der Waals surface area contributed by atoms with Crippen molar-refractivity contribution in [2.45, 2.75) is 92.9 Å². The minimum atomic E-state index is -2.96. The van der Waals surface area contributed by atoms with Gasteiger partial charge in [-0.25, -0.2) is 0 Å². The fraction of sp³-hybridized carbons (Fsp3) is 0.429. The minimum absolute atomic E-state index is 0.277. The number of amides is 2. The Bertz CT molecular complexity index is 1460. The Morgan fingerprint density at radius 2 is 1.36 bits per heavy atom. The van der Waals surface area contributed by atoms with Crippen molar-refractivity contribution in [2.75, 3.05) is 6.61 Å². The lowest BCUT2D eigenvalue weighted by atomic mass is 9.96. The fourth-order valence-electron chi connectivity index (χ4n) is 6.94. The number of hydrogen-bond donors (Lipinski definition) is 0. The first kappa shape index (κ1) is 31.2. The van der Waals surface area contributed by atoms with Crippen LogP contribution in [0.5, 0.6) is 0 Å². The molecular formula is C35H41NO6SSi. The van der Waals surface area contributed by atoms with Crippen molar-refractivity contribution in [1.29, 1.82) is 0 Å². The van der Waals surface area contributed by atoms with Crippen LogP contribution in [0.25, 0.3) is 0 Å². The third-order valence-electron chi connectivity index (χ3n) is 8.75. The number of fused-ring (bicyclic) bond motifs is 2. The van der Waals surface area contributed by atoms with Gasteiger partial charge < -0.3 is 18.3 Å². The van der Waals surface area contributed by atoms with Gasteiger partial charge >= 0.3 is 8.56 Å². The second-order valence-corrected chi connectivity index (χ2v) is 19.7. The lowest BCUT2D eigenvalue weighted by molar-refractivity contribution is -0.218. The van der Waals surface area contributed by atoms with Gasteiger partial charge in [0.05, 0.1) is 24.3 Å². The number of carbonyl (C=O) groups is 2. The van der Waals surface area contributed by atoms with Crippen LogP contribution in [0.15, 0.2) is 89.8 Å². The maximum absolute atomic E-state index is 14.1. The third kappa shape index (κ3) is 5.48. The molecule has 0 aliphatic carbocycles. The van der Waals surface area contributed by atoms with Crippen molar-refractivity contribution in [3.05, 3.63) is 102 Å². The van der Waals surface area contributed by atoms with Crippen LogP contribution in [-0.2, 0) is 24.9 Å². The summed E-state index contributed by atoms with van der Waals surface area (Å²) < 4.78 is 27.7. The topological polar surface area (TPSA) is 74.3 Å². The first-order valence-electron chi connectivity index (χ1n) is 15.2. The second kappa shape index (κ2) is 11.9. The quantitative estimate of drug-likeness (QED) is 0.210. The summed E-state index contributed by atoms with van der Waals surface area (Å²) in [5.74, 6) is -0.682. The molecule has 0 radical (unpaired) electrons. The summed E-state index contributed by atoms with van der Waals surface area (Å²) in [5, 5.41) is -0.554. The molecule has 3 aliphatic rings. The van der Waals surface area contributed by atoms with Crippen LogP contribution in [0.1, 0.15) is 67.8 Å². The summed E-state index contributed by atoms with van der Waals surface area (Å²) in [6, 6.07) is 26.1. The van der Waals surface area contributed by atoms with E-state index in [9.17, 15) is 9.59 Å². The molecule has 9 heteroatoms. The van der Waals surface area contributed by atoms with Crippen molar-refractivity contribution in [3.8, 4) is 0 Å². The Kier molecular flexibility index (Phi) is 8.41. The number of ether oxygens (including phenoxy) is 2. The molecule has 0 bridgehead atoms. The predicted octanol–water partition coefficient (Wildman–Crippen LogP) is 7.21. The second-order valence-electron chi connectivity index (χ2n) is 13.8. The van der Waals surface area contributed by atoms with Crippen LogP contribution in [0.2, 0.25) is 10.1 Å². The maximum atomic E-state index is 14.1. The molecule has 2 amide bonds. The molecular weight excluding hydrogens is 591 g/mol. The molecule has 3 aromatic rings. The number of rotatable bonds is 6. The van der Waals surface area contributed by atoms with Gasteiger partial charge in [0.1, 0.15) is 29.8 Å². The molecule has 0 N–H and O–H groups in total. The number of carbonyl (C=O) groups excluding carboxylic acids is 2.